The van der Waals surface area contributed by atoms with Crippen molar-refractivity contribution in [2.45, 2.75) is 56.2 Å². The third kappa shape index (κ3) is 7.03. The lowest BCUT2D eigenvalue weighted by molar-refractivity contribution is -0.207. The highest BCUT2D eigenvalue weighted by atomic mass is 32.2. The van der Waals surface area contributed by atoms with Crippen LogP contribution in [0.4, 0.5) is 4.79 Å². The van der Waals surface area contributed by atoms with E-state index in [4.69, 9.17) is 18.4 Å². The molecule has 2 aromatic carbocycles. The van der Waals surface area contributed by atoms with Crippen LogP contribution in [0.2, 0.25) is 0 Å². The zero-order valence-corrected chi connectivity index (χ0v) is 19.0. The average molecular weight is 464 g/mol. The Morgan fingerprint density at radius 1 is 1.09 bits per heavy atom. The molecule has 0 saturated carbocycles. The van der Waals surface area contributed by atoms with Gasteiger partial charge in [0.1, 0.15) is 12.7 Å². The Morgan fingerprint density at radius 3 is 2.50 bits per heavy atom. The molecule has 0 unspecified atom stereocenters. The highest BCUT2D eigenvalue weighted by Gasteiger charge is 2.35. The van der Waals surface area contributed by atoms with Crippen LogP contribution < -0.4 is 5.32 Å². The van der Waals surface area contributed by atoms with E-state index in [2.05, 4.69) is 5.32 Å². The predicted molar refractivity (Wildman–Crippen MR) is 117 cm³/mol. The molecule has 0 aliphatic carbocycles. The van der Waals surface area contributed by atoms with Crippen molar-refractivity contribution in [2.24, 2.45) is 0 Å². The highest BCUT2D eigenvalue weighted by molar-refractivity contribution is 7.86. The first kappa shape index (κ1) is 24.2. The van der Waals surface area contributed by atoms with Crippen molar-refractivity contribution < 1.29 is 31.6 Å². The highest BCUT2D eigenvalue weighted by Crippen LogP contribution is 2.28. The minimum absolute atomic E-state index is 0.0957. The van der Waals surface area contributed by atoms with Crippen LogP contribution in [0.25, 0.3) is 0 Å². The Bertz CT molecular complexity index is 964. The first-order valence-electron chi connectivity index (χ1n) is 10.5. The Labute approximate surface area is 188 Å². The van der Waals surface area contributed by atoms with Crippen molar-refractivity contribution in [3.05, 3.63) is 65.7 Å². The average Bonchev–Trinajstić information content (AvgIpc) is 2.79. The first-order chi connectivity index (χ1) is 15.4. The fourth-order valence-electron chi connectivity index (χ4n) is 3.39. The van der Waals surface area contributed by atoms with Crippen molar-refractivity contribution in [1.29, 1.82) is 0 Å². The van der Waals surface area contributed by atoms with Gasteiger partial charge in [0.2, 0.25) is 0 Å². The number of hydrogen-bond acceptors (Lipinski definition) is 7. The molecular weight excluding hydrogens is 434 g/mol. The van der Waals surface area contributed by atoms with Crippen LogP contribution in [0.15, 0.2) is 59.5 Å². The molecule has 1 saturated heterocycles. The summed E-state index contributed by atoms with van der Waals surface area (Å²) in [5.74, 6) is 0. The van der Waals surface area contributed by atoms with E-state index >= 15 is 0 Å². The number of aryl methyl sites for hydroxylation is 1. The molecule has 8 nitrogen and oxygen atoms in total. The van der Waals surface area contributed by atoms with Crippen LogP contribution in [-0.2, 0) is 35.1 Å². The van der Waals surface area contributed by atoms with E-state index in [1.54, 1.807) is 12.1 Å². The van der Waals surface area contributed by atoms with E-state index in [-0.39, 0.29) is 18.0 Å². The lowest BCUT2D eigenvalue weighted by Gasteiger charge is -2.35. The number of carbonyl (C=O) groups is 1. The lowest BCUT2D eigenvalue weighted by atomic mass is 10.0. The summed E-state index contributed by atoms with van der Waals surface area (Å²) < 4.78 is 47.3. The van der Waals surface area contributed by atoms with Gasteiger partial charge in [-0.05, 0) is 37.5 Å². The Balaban J connectivity index is 1.54. The third-order valence-corrected chi connectivity index (χ3v) is 6.51. The summed E-state index contributed by atoms with van der Waals surface area (Å²) in [5, 5.41) is 2.67. The second-order valence-corrected chi connectivity index (χ2v) is 9.17. The topological polar surface area (TPSA) is 100 Å². The fourth-order valence-corrected chi connectivity index (χ4v) is 4.51. The molecule has 3 rings (SSSR count). The van der Waals surface area contributed by atoms with Crippen molar-refractivity contribution >= 4 is 16.2 Å². The van der Waals surface area contributed by atoms with Gasteiger partial charge in [-0.25, -0.2) is 4.79 Å². The van der Waals surface area contributed by atoms with E-state index in [1.807, 2.05) is 37.3 Å². The van der Waals surface area contributed by atoms with Crippen molar-refractivity contribution in [3.63, 3.8) is 0 Å². The number of rotatable bonds is 9. The summed E-state index contributed by atoms with van der Waals surface area (Å²) in [5.41, 5.74) is 1.84. The minimum Gasteiger partial charge on any atom is -0.445 e. The Kier molecular flexibility index (Phi) is 8.63. The van der Waals surface area contributed by atoms with Crippen molar-refractivity contribution in [1.82, 2.24) is 5.32 Å². The zero-order chi connectivity index (χ0) is 23.0. The van der Waals surface area contributed by atoms with Crippen LogP contribution >= 0.6 is 0 Å². The molecule has 3 atom stereocenters. The first-order valence-corrected chi connectivity index (χ1v) is 11.9. The molecule has 0 radical (unpaired) electrons. The quantitative estimate of drug-likeness (QED) is 0.568. The van der Waals surface area contributed by atoms with E-state index < -0.39 is 34.7 Å². The van der Waals surface area contributed by atoms with Gasteiger partial charge in [-0.2, -0.15) is 8.42 Å². The second kappa shape index (κ2) is 11.4. The number of ether oxygens (including phenoxy) is 3. The fraction of sp³-hybridized carbons (Fsp3) is 0.435. The smallest absolute Gasteiger partial charge is 0.407 e. The van der Waals surface area contributed by atoms with E-state index in [0.29, 0.717) is 19.3 Å². The molecule has 174 valence electrons. The summed E-state index contributed by atoms with van der Waals surface area (Å²) in [7, 11) is -2.41. The molecule has 1 fully saturated rings. The monoisotopic (exact) mass is 463 g/mol. The van der Waals surface area contributed by atoms with Gasteiger partial charge in [-0.1, -0.05) is 48.0 Å². The van der Waals surface area contributed by atoms with Gasteiger partial charge in [0, 0.05) is 20.1 Å². The zero-order valence-electron chi connectivity index (χ0n) is 18.2. The number of carbonyl (C=O) groups excluding carboxylic acids is 1. The van der Waals surface area contributed by atoms with Gasteiger partial charge in [0.15, 0.2) is 6.29 Å². The maximum atomic E-state index is 12.7. The van der Waals surface area contributed by atoms with Crippen molar-refractivity contribution in [3.8, 4) is 0 Å². The van der Waals surface area contributed by atoms with Gasteiger partial charge < -0.3 is 19.5 Å². The van der Waals surface area contributed by atoms with Crippen LogP contribution in [0.5, 0.6) is 0 Å². The summed E-state index contributed by atoms with van der Waals surface area (Å²) in [6, 6.07) is 15.8. The second-order valence-electron chi connectivity index (χ2n) is 7.60. The van der Waals surface area contributed by atoms with Crippen LogP contribution in [0.3, 0.4) is 0 Å². The number of benzene rings is 2. The van der Waals surface area contributed by atoms with E-state index in [1.165, 1.54) is 19.2 Å². The van der Waals surface area contributed by atoms with Gasteiger partial charge in [-0.15, -0.1) is 0 Å². The molecule has 1 N–H and O–H groups in total. The number of nitrogens with one attached hydrogen (secondary N) is 1. The Hall–Kier alpha value is -2.46. The summed E-state index contributed by atoms with van der Waals surface area (Å²) >= 11 is 0. The molecule has 1 heterocycles. The molecule has 32 heavy (non-hydrogen) atoms. The van der Waals surface area contributed by atoms with Gasteiger partial charge in [0.25, 0.3) is 10.1 Å². The molecule has 0 spiro atoms. The van der Waals surface area contributed by atoms with Crippen LogP contribution in [0.1, 0.15) is 30.4 Å². The summed E-state index contributed by atoms with van der Waals surface area (Å²) in [6.07, 6.45) is -0.961. The standard InChI is InChI=1S/C23H29NO7S/c1-17-8-10-19(11-9-17)32(26,27)31-21-12-13-22(28-2)30-20(21)14-15-24-23(25)29-16-18-6-4-3-5-7-18/h3-11,20-22H,12-16H2,1-2H3,(H,24,25)/t20-,21+,22+/m1/s1. The molecule has 0 bridgehead atoms. The number of hydrogen-bond donors (Lipinski definition) is 1. The molecule has 0 aromatic heterocycles. The number of methoxy groups -OCH3 is 1. The van der Waals surface area contributed by atoms with E-state index in [0.717, 1.165) is 11.1 Å². The molecule has 1 amide bonds. The minimum atomic E-state index is -3.95. The third-order valence-electron chi connectivity index (χ3n) is 5.16. The largest absolute Gasteiger partial charge is 0.445 e. The normalized spacial score (nSPS) is 21.1. The van der Waals surface area contributed by atoms with Gasteiger partial charge in [0.05, 0.1) is 11.0 Å². The number of amides is 1. The Morgan fingerprint density at radius 2 is 1.81 bits per heavy atom. The molecular formula is C23H29NO7S. The van der Waals surface area contributed by atoms with Crippen LogP contribution in [0, 0.1) is 6.92 Å². The summed E-state index contributed by atoms with van der Waals surface area (Å²) in [6.45, 7) is 2.28. The molecule has 1 aliphatic rings. The SMILES string of the molecule is CO[C@@H]1CC[C@H](OS(=O)(=O)c2ccc(C)cc2)[C@@H](CCNC(=O)OCc2ccccc2)O1. The number of alkyl carbamates (subject to hydrolysis) is 1. The lowest BCUT2D eigenvalue weighted by Crippen LogP contribution is -2.44. The van der Waals surface area contributed by atoms with Crippen molar-refractivity contribution in [2.75, 3.05) is 13.7 Å². The maximum absolute atomic E-state index is 12.7. The maximum Gasteiger partial charge on any atom is 0.407 e. The summed E-state index contributed by atoms with van der Waals surface area (Å²) in [4.78, 5) is 12.1. The molecule has 9 heteroatoms. The van der Waals surface area contributed by atoms with Crippen LogP contribution in [-0.4, -0.2) is 46.7 Å². The van der Waals surface area contributed by atoms with Gasteiger partial charge >= 0.3 is 6.09 Å². The van der Waals surface area contributed by atoms with E-state index in [9.17, 15) is 13.2 Å². The van der Waals surface area contributed by atoms with Gasteiger partial charge in [-0.3, -0.25) is 4.18 Å². The predicted octanol–water partition coefficient (Wildman–Crippen LogP) is 3.54. The molecule has 1 aliphatic heterocycles. The molecule has 2 aromatic rings.